The number of amides is 1. The highest BCUT2D eigenvalue weighted by atomic mass is 127. The van der Waals surface area contributed by atoms with Crippen molar-refractivity contribution in [2.45, 2.75) is 6.92 Å². The number of carboxylic acid groups (broad SMARTS) is 1. The van der Waals surface area contributed by atoms with Gasteiger partial charge in [-0.2, -0.15) is 5.26 Å². The highest BCUT2D eigenvalue weighted by Gasteiger charge is 2.18. The number of nitrogens with zero attached hydrogens (tertiary/aromatic N) is 2. The number of halogens is 1. The van der Waals surface area contributed by atoms with Gasteiger partial charge in [-0.15, -0.1) is 0 Å². The largest absolute Gasteiger partial charge is 0.464 e. The first-order valence-electron chi connectivity index (χ1n) is 4.45. The standard InChI is InChI=1S/C10H9IN2O2S/c1-2-16-13(10(14)15)9-5-8(11)4-3-7(9)6-12/h3-5H,2H2,1H3,(H,14,15). The van der Waals surface area contributed by atoms with Crippen molar-refractivity contribution in [3.05, 3.63) is 27.3 Å². The van der Waals surface area contributed by atoms with Gasteiger partial charge in [0.05, 0.1) is 11.3 Å². The van der Waals surface area contributed by atoms with E-state index in [1.54, 1.807) is 18.2 Å². The van der Waals surface area contributed by atoms with E-state index in [2.05, 4.69) is 22.6 Å². The molecule has 1 aromatic rings. The van der Waals surface area contributed by atoms with E-state index >= 15 is 0 Å². The van der Waals surface area contributed by atoms with Crippen molar-refractivity contribution in [1.82, 2.24) is 0 Å². The molecule has 0 saturated carbocycles. The maximum Gasteiger partial charge on any atom is 0.422 e. The highest BCUT2D eigenvalue weighted by Crippen LogP contribution is 2.28. The lowest BCUT2D eigenvalue weighted by molar-refractivity contribution is 0.206. The topological polar surface area (TPSA) is 64.3 Å². The molecule has 0 aliphatic carbocycles. The number of hydrogen-bond acceptors (Lipinski definition) is 3. The number of hydrogen-bond donors (Lipinski definition) is 1. The van der Waals surface area contributed by atoms with Crippen LogP contribution in [0.3, 0.4) is 0 Å². The van der Waals surface area contributed by atoms with Gasteiger partial charge in [-0.1, -0.05) is 6.92 Å². The van der Waals surface area contributed by atoms with Crippen LogP contribution in [0, 0.1) is 14.9 Å². The van der Waals surface area contributed by atoms with Crippen LogP contribution >= 0.6 is 34.5 Å². The van der Waals surface area contributed by atoms with Crippen molar-refractivity contribution in [1.29, 1.82) is 5.26 Å². The van der Waals surface area contributed by atoms with E-state index in [-0.39, 0.29) is 0 Å². The second kappa shape index (κ2) is 5.96. The average molecular weight is 348 g/mol. The predicted octanol–water partition coefficient (Wildman–Crippen LogP) is 3.32. The Labute approximate surface area is 112 Å². The van der Waals surface area contributed by atoms with Crippen molar-refractivity contribution in [3.8, 4) is 6.07 Å². The fraction of sp³-hybridized carbons (Fsp3) is 0.200. The van der Waals surface area contributed by atoms with E-state index in [1.807, 2.05) is 13.0 Å². The summed E-state index contributed by atoms with van der Waals surface area (Å²) in [5, 5.41) is 18.0. The van der Waals surface area contributed by atoms with Crippen LogP contribution in [0.5, 0.6) is 0 Å². The minimum Gasteiger partial charge on any atom is -0.464 e. The Morgan fingerprint density at radius 2 is 2.38 bits per heavy atom. The molecule has 1 rings (SSSR count). The summed E-state index contributed by atoms with van der Waals surface area (Å²) in [4.78, 5) is 11.1. The molecule has 6 heteroatoms. The van der Waals surface area contributed by atoms with Gasteiger partial charge in [0.25, 0.3) is 0 Å². The van der Waals surface area contributed by atoms with Gasteiger partial charge in [0.2, 0.25) is 0 Å². The Bertz CT molecular complexity index is 445. The highest BCUT2D eigenvalue weighted by molar-refractivity contribution is 14.1. The minimum absolute atomic E-state index is 0.365. The lowest BCUT2D eigenvalue weighted by Gasteiger charge is -2.18. The molecule has 4 nitrogen and oxygen atoms in total. The van der Waals surface area contributed by atoms with Crippen LogP contribution in [-0.4, -0.2) is 17.0 Å². The molecule has 0 atom stereocenters. The molecule has 0 aliphatic heterocycles. The second-order valence-corrected chi connectivity index (χ2v) is 5.21. The molecule has 0 radical (unpaired) electrons. The van der Waals surface area contributed by atoms with Gasteiger partial charge in [0.15, 0.2) is 0 Å². The number of carbonyl (C=O) groups is 1. The first-order chi connectivity index (χ1) is 7.60. The van der Waals surface area contributed by atoms with E-state index in [1.165, 1.54) is 0 Å². The number of rotatable bonds is 3. The average Bonchev–Trinajstić information content (AvgIpc) is 2.25. The van der Waals surface area contributed by atoms with E-state index in [0.29, 0.717) is 17.0 Å². The lowest BCUT2D eigenvalue weighted by Crippen LogP contribution is -2.22. The van der Waals surface area contributed by atoms with Crippen molar-refractivity contribution in [3.63, 3.8) is 0 Å². The SMILES string of the molecule is CCSN(C(=O)O)c1cc(I)ccc1C#N. The van der Waals surface area contributed by atoms with Crippen molar-refractivity contribution in [2.75, 3.05) is 10.1 Å². The van der Waals surface area contributed by atoms with Crippen molar-refractivity contribution >= 4 is 46.3 Å². The zero-order valence-corrected chi connectivity index (χ0v) is 11.4. The third-order valence-electron chi connectivity index (χ3n) is 1.73. The van der Waals surface area contributed by atoms with E-state index < -0.39 is 6.09 Å². The van der Waals surface area contributed by atoms with Crippen LogP contribution in [0.2, 0.25) is 0 Å². The van der Waals surface area contributed by atoms with Gasteiger partial charge < -0.3 is 5.11 Å². The molecule has 0 unspecified atom stereocenters. The Hall–Kier alpha value is -0.940. The second-order valence-electron chi connectivity index (χ2n) is 2.77. The van der Waals surface area contributed by atoms with Crippen LogP contribution in [0.15, 0.2) is 18.2 Å². The molecule has 0 heterocycles. The van der Waals surface area contributed by atoms with Gasteiger partial charge >= 0.3 is 6.09 Å². The third kappa shape index (κ3) is 3.02. The molecule has 16 heavy (non-hydrogen) atoms. The summed E-state index contributed by atoms with van der Waals surface area (Å²) in [7, 11) is 0. The van der Waals surface area contributed by atoms with Crippen LogP contribution in [0.1, 0.15) is 12.5 Å². The number of nitriles is 1. The van der Waals surface area contributed by atoms with E-state index in [0.717, 1.165) is 19.8 Å². The third-order valence-corrected chi connectivity index (χ3v) is 3.27. The summed E-state index contributed by atoms with van der Waals surface area (Å²) >= 11 is 3.24. The number of benzene rings is 1. The zero-order valence-electron chi connectivity index (χ0n) is 8.48. The van der Waals surface area contributed by atoms with Crippen LogP contribution in [0.4, 0.5) is 10.5 Å². The zero-order chi connectivity index (χ0) is 12.1. The minimum atomic E-state index is -1.06. The van der Waals surface area contributed by atoms with Crippen molar-refractivity contribution < 1.29 is 9.90 Å². The molecule has 1 amide bonds. The Kier molecular flexibility index (Phi) is 4.89. The quantitative estimate of drug-likeness (QED) is 0.672. The van der Waals surface area contributed by atoms with Gasteiger partial charge in [-0.05, 0) is 52.7 Å². The van der Waals surface area contributed by atoms with Gasteiger partial charge in [0.1, 0.15) is 6.07 Å². The molecule has 84 valence electrons. The van der Waals surface area contributed by atoms with Crippen LogP contribution in [-0.2, 0) is 0 Å². The monoisotopic (exact) mass is 348 g/mol. The Morgan fingerprint density at radius 3 is 2.88 bits per heavy atom. The van der Waals surface area contributed by atoms with E-state index in [4.69, 9.17) is 10.4 Å². The first-order valence-corrected chi connectivity index (χ1v) is 6.48. The summed E-state index contributed by atoms with van der Waals surface area (Å²) in [5.41, 5.74) is 0.789. The summed E-state index contributed by atoms with van der Waals surface area (Å²) in [6.07, 6.45) is -1.06. The first kappa shape index (κ1) is 13.1. The Morgan fingerprint density at radius 1 is 1.69 bits per heavy atom. The number of anilines is 1. The molecule has 0 bridgehead atoms. The normalized spacial score (nSPS) is 9.56. The molecule has 0 spiro atoms. The predicted molar refractivity (Wildman–Crippen MR) is 72.5 cm³/mol. The van der Waals surface area contributed by atoms with Crippen LogP contribution < -0.4 is 4.31 Å². The molecule has 0 fully saturated rings. The molecule has 0 aliphatic rings. The molecule has 1 aromatic carbocycles. The summed E-state index contributed by atoms with van der Waals surface area (Å²) in [6, 6.07) is 7.09. The fourth-order valence-electron chi connectivity index (χ4n) is 1.12. The van der Waals surface area contributed by atoms with Gasteiger partial charge in [-0.25, -0.2) is 9.10 Å². The van der Waals surface area contributed by atoms with Crippen LogP contribution in [0.25, 0.3) is 0 Å². The maximum atomic E-state index is 11.1. The van der Waals surface area contributed by atoms with Gasteiger partial charge in [0, 0.05) is 9.32 Å². The summed E-state index contributed by atoms with van der Waals surface area (Å²) in [6.45, 7) is 1.86. The van der Waals surface area contributed by atoms with E-state index in [9.17, 15) is 4.79 Å². The lowest BCUT2D eigenvalue weighted by atomic mass is 10.2. The smallest absolute Gasteiger partial charge is 0.422 e. The molecule has 0 saturated heterocycles. The summed E-state index contributed by atoms with van der Waals surface area (Å²) in [5.74, 6) is 0.628. The Balaban J connectivity index is 3.22. The fourth-order valence-corrected chi connectivity index (χ4v) is 2.26. The molecular formula is C10H9IN2O2S. The van der Waals surface area contributed by atoms with Crippen molar-refractivity contribution in [2.24, 2.45) is 0 Å². The van der Waals surface area contributed by atoms with Gasteiger partial charge in [-0.3, -0.25) is 0 Å². The summed E-state index contributed by atoms with van der Waals surface area (Å²) < 4.78 is 2.02. The maximum absolute atomic E-state index is 11.1. The molecule has 1 N–H and O–H groups in total. The molecular weight excluding hydrogens is 339 g/mol. The molecule has 0 aromatic heterocycles.